The van der Waals surface area contributed by atoms with Crippen LogP contribution in [0.4, 0.5) is 14.7 Å². The number of allylic oxidation sites excluding steroid dienone is 3. The number of benzene rings is 2. The summed E-state index contributed by atoms with van der Waals surface area (Å²) >= 11 is 0. The smallest absolute Gasteiger partial charge is 0.355 e. The average molecular weight is 552 g/mol. The molecule has 4 rings (SSSR count). The lowest BCUT2D eigenvalue weighted by atomic mass is 9.98. The van der Waals surface area contributed by atoms with E-state index in [1.807, 2.05) is 0 Å². The van der Waals surface area contributed by atoms with E-state index in [-0.39, 0.29) is 44.5 Å². The number of nitrogens with two attached hydrogens (primary N) is 1. The first-order valence-electron chi connectivity index (χ1n) is 12.6. The zero-order valence-corrected chi connectivity index (χ0v) is 22.2. The van der Waals surface area contributed by atoms with Gasteiger partial charge in [-0.2, -0.15) is 4.98 Å². The number of halogens is 2. The Hall–Kier alpha value is -4.74. The molecule has 0 radical (unpaired) electrons. The molecule has 1 aliphatic carbocycles. The zero-order valence-electron chi connectivity index (χ0n) is 22.2. The maximum atomic E-state index is 13.9. The summed E-state index contributed by atoms with van der Waals surface area (Å²) < 4.78 is 34.8. The fourth-order valence-corrected chi connectivity index (χ4v) is 3.96. The van der Waals surface area contributed by atoms with Crippen molar-refractivity contribution in [3.63, 3.8) is 0 Å². The predicted octanol–water partition coefficient (Wildman–Crippen LogP) is 2.54. The summed E-state index contributed by atoms with van der Waals surface area (Å²) in [5.41, 5.74) is 5.23. The van der Waals surface area contributed by atoms with Gasteiger partial charge < -0.3 is 21.1 Å². The van der Waals surface area contributed by atoms with Crippen molar-refractivity contribution in [2.75, 3.05) is 25.5 Å². The molecule has 1 aliphatic rings. The Morgan fingerprint density at radius 3 is 2.38 bits per heavy atom. The maximum absolute atomic E-state index is 13.9. The van der Waals surface area contributed by atoms with Gasteiger partial charge in [0.2, 0.25) is 5.95 Å². The van der Waals surface area contributed by atoms with Crippen LogP contribution in [0.25, 0.3) is 0 Å². The first-order valence-corrected chi connectivity index (χ1v) is 12.6. The number of ether oxygens (including phenoxy) is 1. The van der Waals surface area contributed by atoms with E-state index in [9.17, 15) is 18.4 Å². The van der Waals surface area contributed by atoms with Crippen molar-refractivity contribution in [3.8, 4) is 5.75 Å². The topological polar surface area (TPSA) is 129 Å². The van der Waals surface area contributed by atoms with E-state index in [0.29, 0.717) is 17.0 Å². The number of hydrogen-bond acceptors (Lipinski definition) is 6. The number of aromatic nitrogens is 3. The number of nitrogens with zero attached hydrogens (tertiary/aromatic N) is 4. The van der Waals surface area contributed by atoms with E-state index in [1.165, 1.54) is 41.8 Å². The van der Waals surface area contributed by atoms with Crippen LogP contribution in [0.5, 0.6) is 5.75 Å². The van der Waals surface area contributed by atoms with Gasteiger partial charge in [0, 0.05) is 18.7 Å². The summed E-state index contributed by atoms with van der Waals surface area (Å²) in [6, 6.07) is 12.7. The molecule has 3 aromatic rings. The minimum atomic E-state index is -1.39. The summed E-state index contributed by atoms with van der Waals surface area (Å²) in [6.07, 6.45) is 4.98. The van der Waals surface area contributed by atoms with Gasteiger partial charge in [-0.1, -0.05) is 30.3 Å². The largest absolute Gasteiger partial charge is 0.497 e. The molecule has 0 aliphatic heterocycles. The normalized spacial score (nSPS) is 16.9. The van der Waals surface area contributed by atoms with Gasteiger partial charge in [0.05, 0.1) is 26.7 Å². The van der Waals surface area contributed by atoms with Gasteiger partial charge in [-0.3, -0.25) is 9.56 Å². The Morgan fingerprint density at radius 1 is 1.10 bits per heavy atom. The zero-order chi connectivity index (χ0) is 28.7. The maximum Gasteiger partial charge on any atom is 0.355 e. The average Bonchev–Trinajstić information content (AvgIpc) is 2.93. The molecule has 0 fully saturated rings. The molecular formula is C28H31F2N7O3. The lowest BCUT2D eigenvalue weighted by molar-refractivity contribution is 0.258. The highest BCUT2D eigenvalue weighted by atomic mass is 19.1. The molecule has 0 spiro atoms. The van der Waals surface area contributed by atoms with Gasteiger partial charge in [-0.25, -0.2) is 22.9 Å². The Kier molecular flexibility index (Phi) is 8.77. The third-order valence-corrected chi connectivity index (χ3v) is 6.18. The summed E-state index contributed by atoms with van der Waals surface area (Å²) in [4.78, 5) is 34.7. The molecule has 1 atom stereocenters. The minimum absolute atomic E-state index is 0.0633. The van der Waals surface area contributed by atoms with Crippen LogP contribution in [0.15, 0.2) is 87.0 Å². The number of nitrogens with one attached hydrogen (secondary N) is 2. The highest BCUT2D eigenvalue weighted by Gasteiger charge is 2.21. The van der Waals surface area contributed by atoms with Crippen LogP contribution < -0.4 is 32.5 Å². The van der Waals surface area contributed by atoms with Crippen molar-refractivity contribution in [1.29, 1.82) is 0 Å². The molecule has 1 unspecified atom stereocenters. The molecule has 210 valence electrons. The van der Waals surface area contributed by atoms with Gasteiger partial charge in [0.15, 0.2) is 5.96 Å². The van der Waals surface area contributed by atoms with E-state index in [0.717, 1.165) is 10.1 Å². The van der Waals surface area contributed by atoms with Crippen molar-refractivity contribution < 1.29 is 13.5 Å². The molecule has 1 heterocycles. The van der Waals surface area contributed by atoms with Gasteiger partial charge in [0.25, 0.3) is 0 Å². The first kappa shape index (κ1) is 28.3. The van der Waals surface area contributed by atoms with Crippen LogP contribution in [0, 0.1) is 5.82 Å². The van der Waals surface area contributed by atoms with Crippen molar-refractivity contribution in [2.24, 2.45) is 10.7 Å². The molecule has 10 nitrogen and oxygen atoms in total. The van der Waals surface area contributed by atoms with Gasteiger partial charge >= 0.3 is 11.4 Å². The molecule has 12 heteroatoms. The SMILES string of the molecule is COc1ccc(Cn2c(NCCN=C(N)NC3=CCC(C)(F)C=C3)nc(=O)n(Cc3ccc(F)cc3)c2=O)cc1. The standard InChI is InChI=1S/C28H31F2N7O3/c1-28(30)13-11-22(12-14-28)34-24(31)32-15-16-33-25-35-26(38)37(18-19-3-7-21(29)8-4-19)27(39)36(25)17-20-5-9-23(40-2)10-6-20/h3-13H,14-18H2,1-2H3,(H3,31,32,34)(H,33,35,38). The summed E-state index contributed by atoms with van der Waals surface area (Å²) in [6.45, 7) is 1.97. The van der Waals surface area contributed by atoms with Crippen molar-refractivity contribution in [3.05, 3.63) is 110 Å². The first-order chi connectivity index (χ1) is 19.1. The van der Waals surface area contributed by atoms with Gasteiger partial charge in [-0.15, -0.1) is 0 Å². The quantitative estimate of drug-likeness (QED) is 0.201. The van der Waals surface area contributed by atoms with Crippen LogP contribution in [-0.4, -0.2) is 45.9 Å². The summed E-state index contributed by atoms with van der Waals surface area (Å²) in [7, 11) is 1.56. The van der Waals surface area contributed by atoms with E-state index in [1.54, 1.807) is 43.5 Å². The molecule has 0 bridgehead atoms. The number of anilines is 1. The minimum Gasteiger partial charge on any atom is -0.497 e. The number of alkyl halides is 1. The molecule has 0 saturated carbocycles. The molecular weight excluding hydrogens is 520 g/mol. The highest BCUT2D eigenvalue weighted by Crippen LogP contribution is 2.23. The van der Waals surface area contributed by atoms with Gasteiger partial charge in [0.1, 0.15) is 17.2 Å². The number of aliphatic imine (C=N–C) groups is 1. The van der Waals surface area contributed by atoms with Crippen LogP contribution in [-0.2, 0) is 13.1 Å². The Morgan fingerprint density at radius 2 is 1.75 bits per heavy atom. The second-order valence-electron chi connectivity index (χ2n) is 9.44. The Bertz CT molecular complexity index is 1540. The monoisotopic (exact) mass is 551 g/mol. The fourth-order valence-electron chi connectivity index (χ4n) is 3.96. The van der Waals surface area contributed by atoms with Crippen molar-refractivity contribution in [1.82, 2.24) is 19.4 Å². The summed E-state index contributed by atoms with van der Waals surface area (Å²) in [5.74, 6) is 0.455. The van der Waals surface area contributed by atoms with Gasteiger partial charge in [-0.05, 0) is 54.5 Å². The van der Waals surface area contributed by atoms with Crippen LogP contribution in [0.3, 0.4) is 0 Å². The van der Waals surface area contributed by atoms with Crippen LogP contribution in [0.2, 0.25) is 0 Å². The van der Waals surface area contributed by atoms with Crippen LogP contribution in [0.1, 0.15) is 24.5 Å². The number of guanidine groups is 1. The van der Waals surface area contributed by atoms with E-state index in [2.05, 4.69) is 20.6 Å². The van der Waals surface area contributed by atoms with Crippen molar-refractivity contribution in [2.45, 2.75) is 32.1 Å². The third-order valence-electron chi connectivity index (χ3n) is 6.18. The fraction of sp³-hybridized carbons (Fsp3) is 0.286. The van der Waals surface area contributed by atoms with Crippen LogP contribution >= 0.6 is 0 Å². The number of methoxy groups -OCH3 is 1. The second-order valence-corrected chi connectivity index (χ2v) is 9.44. The molecule has 40 heavy (non-hydrogen) atoms. The lowest BCUT2D eigenvalue weighted by Crippen LogP contribution is -2.43. The molecule has 4 N–H and O–H groups in total. The lowest BCUT2D eigenvalue weighted by Gasteiger charge is -2.19. The molecule has 2 aromatic carbocycles. The molecule has 0 amide bonds. The predicted molar refractivity (Wildman–Crippen MR) is 150 cm³/mol. The Balaban J connectivity index is 1.52. The number of hydrogen-bond donors (Lipinski definition) is 3. The van der Waals surface area contributed by atoms with E-state index >= 15 is 0 Å². The second kappa shape index (κ2) is 12.4. The number of rotatable bonds is 10. The van der Waals surface area contributed by atoms with E-state index < -0.39 is 22.9 Å². The molecule has 1 aromatic heterocycles. The van der Waals surface area contributed by atoms with E-state index in [4.69, 9.17) is 10.5 Å². The molecule has 0 saturated heterocycles. The highest BCUT2D eigenvalue weighted by molar-refractivity contribution is 5.80. The Labute approximate surface area is 229 Å². The summed E-state index contributed by atoms with van der Waals surface area (Å²) in [5, 5.41) is 5.91. The van der Waals surface area contributed by atoms with Crippen molar-refractivity contribution >= 4 is 11.9 Å². The third kappa shape index (κ3) is 7.43.